The number of nitro groups is 1. The normalized spacial score (nSPS) is 11.4. The maximum Gasteiger partial charge on any atom is 0.306 e. The Balaban J connectivity index is 2.39. The summed E-state index contributed by atoms with van der Waals surface area (Å²) in [4.78, 5) is 44.8. The molecule has 9 heteroatoms. The molecule has 0 radical (unpaired) electrons. The van der Waals surface area contributed by atoms with Gasteiger partial charge in [0, 0.05) is 18.6 Å². The molecule has 0 aliphatic heterocycles. The fraction of sp³-hybridized carbons (Fsp3) is 0.471. The topological polar surface area (TPSA) is 139 Å². The van der Waals surface area contributed by atoms with Gasteiger partial charge in [0.25, 0.3) is 5.69 Å². The first-order chi connectivity index (χ1) is 12.3. The molecule has 0 bridgehead atoms. The third-order valence-electron chi connectivity index (χ3n) is 3.80. The first kappa shape index (κ1) is 21.1. The highest BCUT2D eigenvalue weighted by atomic mass is 16.6. The predicted molar refractivity (Wildman–Crippen MR) is 93.0 cm³/mol. The number of non-ortho nitro benzene ring substituents is 1. The summed E-state index contributed by atoms with van der Waals surface area (Å²) >= 11 is 0. The van der Waals surface area contributed by atoms with Crippen LogP contribution in [0.3, 0.4) is 0 Å². The van der Waals surface area contributed by atoms with E-state index in [1.54, 1.807) is 6.07 Å². The largest absolute Gasteiger partial charge is 0.481 e. The Bertz CT molecular complexity index is 662. The van der Waals surface area contributed by atoms with Gasteiger partial charge >= 0.3 is 5.97 Å². The standard InChI is InChI=1S/C17H23N3O6/c1-2-3-6-13(17(23)24)8-9-15(21)18-19-16(22)11-12-5-4-7-14(10-12)20(25)26/h4-5,7,10,13H,2-3,6,8-9,11H2,1H3,(H,18,21)(H,19,22)(H,23,24). The average molecular weight is 365 g/mol. The molecule has 0 aromatic heterocycles. The van der Waals surface area contributed by atoms with Crippen LogP contribution in [0.15, 0.2) is 24.3 Å². The van der Waals surface area contributed by atoms with Crippen LogP contribution in [-0.2, 0) is 20.8 Å². The number of rotatable bonds is 10. The number of aliphatic carboxylic acids is 1. The molecular formula is C17H23N3O6. The van der Waals surface area contributed by atoms with E-state index in [9.17, 15) is 24.5 Å². The van der Waals surface area contributed by atoms with E-state index >= 15 is 0 Å². The Morgan fingerprint density at radius 1 is 1.19 bits per heavy atom. The summed E-state index contributed by atoms with van der Waals surface area (Å²) in [7, 11) is 0. The fourth-order valence-electron chi connectivity index (χ4n) is 2.36. The Labute approximate surface area is 150 Å². The lowest BCUT2D eigenvalue weighted by Crippen LogP contribution is -2.42. The van der Waals surface area contributed by atoms with Crippen molar-refractivity contribution < 1.29 is 24.4 Å². The van der Waals surface area contributed by atoms with Crippen LogP contribution in [0.25, 0.3) is 0 Å². The summed E-state index contributed by atoms with van der Waals surface area (Å²) in [6.07, 6.45) is 2.22. The van der Waals surface area contributed by atoms with Gasteiger partial charge in [0.2, 0.25) is 11.8 Å². The maximum absolute atomic E-state index is 11.8. The first-order valence-corrected chi connectivity index (χ1v) is 8.37. The van der Waals surface area contributed by atoms with Crippen LogP contribution in [0.1, 0.15) is 44.6 Å². The van der Waals surface area contributed by atoms with Crippen molar-refractivity contribution in [2.45, 2.75) is 45.4 Å². The van der Waals surface area contributed by atoms with Crippen molar-refractivity contribution >= 4 is 23.5 Å². The van der Waals surface area contributed by atoms with Gasteiger partial charge in [0.15, 0.2) is 0 Å². The van der Waals surface area contributed by atoms with Gasteiger partial charge in [0.05, 0.1) is 17.3 Å². The second-order valence-corrected chi connectivity index (χ2v) is 5.92. The lowest BCUT2D eigenvalue weighted by atomic mass is 9.97. The summed E-state index contributed by atoms with van der Waals surface area (Å²) in [5.41, 5.74) is 4.77. The molecule has 1 rings (SSSR count). The second kappa shape index (κ2) is 10.8. The number of amides is 2. The number of nitrogens with zero attached hydrogens (tertiary/aromatic N) is 1. The summed E-state index contributed by atoms with van der Waals surface area (Å²) in [5.74, 6) is -2.53. The Morgan fingerprint density at radius 3 is 2.50 bits per heavy atom. The zero-order valence-corrected chi connectivity index (χ0v) is 14.6. The molecule has 0 aliphatic carbocycles. The lowest BCUT2D eigenvalue weighted by molar-refractivity contribution is -0.384. The van der Waals surface area contributed by atoms with Crippen LogP contribution in [0.5, 0.6) is 0 Å². The van der Waals surface area contributed by atoms with Gasteiger partial charge in [-0.15, -0.1) is 0 Å². The number of unbranched alkanes of at least 4 members (excludes halogenated alkanes) is 1. The van der Waals surface area contributed by atoms with Crippen LogP contribution in [0.4, 0.5) is 5.69 Å². The van der Waals surface area contributed by atoms with E-state index in [2.05, 4.69) is 10.9 Å². The van der Waals surface area contributed by atoms with Crippen molar-refractivity contribution in [3.8, 4) is 0 Å². The second-order valence-electron chi connectivity index (χ2n) is 5.92. The SMILES string of the molecule is CCCCC(CCC(=O)NNC(=O)Cc1cccc([N+](=O)[O-])c1)C(=O)O. The van der Waals surface area contributed by atoms with Crippen molar-refractivity contribution in [2.24, 2.45) is 5.92 Å². The third-order valence-corrected chi connectivity index (χ3v) is 3.80. The van der Waals surface area contributed by atoms with E-state index in [1.165, 1.54) is 18.2 Å². The number of carbonyl (C=O) groups excluding carboxylic acids is 2. The molecule has 1 aromatic rings. The molecule has 1 aromatic carbocycles. The molecule has 0 saturated carbocycles. The average Bonchev–Trinajstić information content (AvgIpc) is 2.59. The molecule has 0 fully saturated rings. The Hall–Kier alpha value is -2.97. The Morgan fingerprint density at radius 2 is 1.88 bits per heavy atom. The molecule has 0 spiro atoms. The van der Waals surface area contributed by atoms with E-state index < -0.39 is 28.6 Å². The van der Waals surface area contributed by atoms with Gasteiger partial charge in [-0.3, -0.25) is 35.3 Å². The maximum atomic E-state index is 11.8. The molecule has 2 amide bonds. The van der Waals surface area contributed by atoms with Crippen LogP contribution >= 0.6 is 0 Å². The van der Waals surface area contributed by atoms with Crippen molar-refractivity contribution in [1.82, 2.24) is 10.9 Å². The molecule has 3 N–H and O–H groups in total. The quantitative estimate of drug-likeness (QED) is 0.428. The predicted octanol–water partition coefficient (Wildman–Crippen LogP) is 1.96. The number of carbonyl (C=O) groups is 3. The van der Waals surface area contributed by atoms with Gasteiger partial charge in [0.1, 0.15) is 0 Å². The fourth-order valence-corrected chi connectivity index (χ4v) is 2.36. The number of hydrogen-bond donors (Lipinski definition) is 3. The van der Waals surface area contributed by atoms with Gasteiger partial charge in [-0.05, 0) is 18.4 Å². The van der Waals surface area contributed by atoms with Crippen LogP contribution in [0, 0.1) is 16.0 Å². The van der Waals surface area contributed by atoms with Crippen LogP contribution < -0.4 is 10.9 Å². The highest BCUT2D eigenvalue weighted by Gasteiger charge is 2.18. The molecule has 0 saturated heterocycles. The summed E-state index contributed by atoms with van der Waals surface area (Å²) < 4.78 is 0. The van der Waals surface area contributed by atoms with Gasteiger partial charge in [-0.25, -0.2) is 0 Å². The molecule has 0 heterocycles. The zero-order chi connectivity index (χ0) is 19.5. The number of nitro benzene ring substituents is 1. The molecule has 26 heavy (non-hydrogen) atoms. The Kier molecular flexibility index (Phi) is 8.76. The zero-order valence-electron chi connectivity index (χ0n) is 14.6. The summed E-state index contributed by atoms with van der Waals surface area (Å²) in [6, 6.07) is 5.65. The number of carboxylic acid groups (broad SMARTS) is 1. The van der Waals surface area contributed by atoms with Crippen molar-refractivity contribution in [2.75, 3.05) is 0 Å². The van der Waals surface area contributed by atoms with E-state index in [4.69, 9.17) is 5.11 Å². The van der Waals surface area contributed by atoms with E-state index in [0.717, 1.165) is 12.8 Å². The molecular weight excluding hydrogens is 342 g/mol. The van der Waals surface area contributed by atoms with E-state index in [-0.39, 0.29) is 24.9 Å². The van der Waals surface area contributed by atoms with Crippen LogP contribution in [-0.4, -0.2) is 27.8 Å². The van der Waals surface area contributed by atoms with Crippen molar-refractivity contribution in [3.63, 3.8) is 0 Å². The number of nitrogens with one attached hydrogen (secondary N) is 2. The van der Waals surface area contributed by atoms with Crippen LogP contribution in [0.2, 0.25) is 0 Å². The van der Waals surface area contributed by atoms with Gasteiger partial charge in [-0.2, -0.15) is 0 Å². The number of carboxylic acids is 1. The molecule has 0 aliphatic rings. The van der Waals surface area contributed by atoms with E-state index in [1.807, 2.05) is 6.92 Å². The number of benzene rings is 1. The first-order valence-electron chi connectivity index (χ1n) is 8.37. The van der Waals surface area contributed by atoms with Crippen molar-refractivity contribution in [1.29, 1.82) is 0 Å². The third kappa shape index (κ3) is 7.73. The smallest absolute Gasteiger partial charge is 0.306 e. The minimum atomic E-state index is -0.930. The lowest BCUT2D eigenvalue weighted by Gasteiger charge is -2.12. The highest BCUT2D eigenvalue weighted by molar-refractivity contribution is 5.83. The highest BCUT2D eigenvalue weighted by Crippen LogP contribution is 2.15. The number of hydrazine groups is 1. The molecule has 9 nitrogen and oxygen atoms in total. The number of hydrogen-bond acceptors (Lipinski definition) is 5. The summed E-state index contributed by atoms with van der Waals surface area (Å²) in [6.45, 7) is 1.96. The summed E-state index contributed by atoms with van der Waals surface area (Å²) in [5, 5.41) is 19.8. The monoisotopic (exact) mass is 365 g/mol. The minimum absolute atomic E-state index is 0.0161. The molecule has 1 atom stereocenters. The molecule has 142 valence electrons. The van der Waals surface area contributed by atoms with Gasteiger partial charge in [-0.1, -0.05) is 31.9 Å². The van der Waals surface area contributed by atoms with Crippen molar-refractivity contribution in [3.05, 3.63) is 39.9 Å². The van der Waals surface area contributed by atoms with E-state index in [0.29, 0.717) is 12.0 Å². The molecule has 1 unspecified atom stereocenters. The van der Waals surface area contributed by atoms with Gasteiger partial charge < -0.3 is 5.11 Å². The minimum Gasteiger partial charge on any atom is -0.481 e.